The number of ether oxygens (including phenoxy) is 1. The minimum Gasteiger partial charge on any atom is -0.434 e. The van der Waals surface area contributed by atoms with Crippen molar-refractivity contribution >= 4 is 35.8 Å². The van der Waals surface area contributed by atoms with Crippen LogP contribution in [0.4, 0.5) is 8.78 Å². The van der Waals surface area contributed by atoms with Crippen LogP contribution in [0, 0.1) is 6.92 Å². The molecule has 0 spiro atoms. The van der Waals surface area contributed by atoms with E-state index < -0.39 is 6.61 Å². The summed E-state index contributed by atoms with van der Waals surface area (Å²) >= 11 is 0. The molecular formula is C21H27F2IN4O2. The number of halogens is 3. The van der Waals surface area contributed by atoms with E-state index in [9.17, 15) is 13.6 Å². The zero-order valence-corrected chi connectivity index (χ0v) is 19.5. The second kappa shape index (κ2) is 13.0. The lowest BCUT2D eigenvalue weighted by Gasteiger charge is -2.15. The molecule has 0 fully saturated rings. The average molecular weight is 532 g/mol. The summed E-state index contributed by atoms with van der Waals surface area (Å²) in [4.78, 5) is 15.9. The van der Waals surface area contributed by atoms with Crippen molar-refractivity contribution in [1.29, 1.82) is 0 Å². The maximum Gasteiger partial charge on any atom is 0.387 e. The van der Waals surface area contributed by atoms with Crippen LogP contribution in [0.1, 0.15) is 34.0 Å². The summed E-state index contributed by atoms with van der Waals surface area (Å²) in [5.41, 5.74) is 3.13. The summed E-state index contributed by atoms with van der Waals surface area (Å²) in [6.07, 6.45) is 0. The van der Waals surface area contributed by atoms with Crippen LogP contribution in [0.3, 0.4) is 0 Å². The Morgan fingerprint density at radius 3 is 2.33 bits per heavy atom. The van der Waals surface area contributed by atoms with Gasteiger partial charge in [-0.2, -0.15) is 8.78 Å². The van der Waals surface area contributed by atoms with Gasteiger partial charge in [0.1, 0.15) is 5.75 Å². The number of aliphatic imine (C=N–C) groups is 1. The molecule has 164 valence electrons. The summed E-state index contributed by atoms with van der Waals surface area (Å²) in [5.74, 6) is 0.543. The first-order valence-corrected chi connectivity index (χ1v) is 9.29. The van der Waals surface area contributed by atoms with Crippen LogP contribution in [-0.2, 0) is 13.1 Å². The van der Waals surface area contributed by atoms with E-state index in [1.54, 1.807) is 31.3 Å². The largest absolute Gasteiger partial charge is 0.434 e. The maximum absolute atomic E-state index is 12.6. The van der Waals surface area contributed by atoms with Crippen LogP contribution in [0.15, 0.2) is 47.5 Å². The highest BCUT2D eigenvalue weighted by Crippen LogP contribution is 2.22. The zero-order chi connectivity index (χ0) is 21.2. The molecule has 0 atom stereocenters. The summed E-state index contributed by atoms with van der Waals surface area (Å²) in [6.45, 7) is 2.22. The standard InChI is InChI=1S/C21H26F2N4O2.HI/c1-4-25-19(28)16-8-6-15(7-9-16)12-26-21(24-3)27-13-17-11-14(2)5-10-18(17)29-20(22)23;/h5-11,20H,4,12-13H2,1-3H3,(H,25,28)(H2,24,26,27);1H. The number of rotatable bonds is 8. The smallest absolute Gasteiger partial charge is 0.387 e. The molecule has 2 aromatic rings. The van der Waals surface area contributed by atoms with Gasteiger partial charge in [0.05, 0.1) is 0 Å². The molecular weight excluding hydrogens is 505 g/mol. The Hall–Kier alpha value is -2.43. The van der Waals surface area contributed by atoms with E-state index in [4.69, 9.17) is 0 Å². The number of nitrogens with one attached hydrogen (secondary N) is 3. The molecule has 0 heterocycles. The monoisotopic (exact) mass is 532 g/mol. The van der Waals surface area contributed by atoms with Gasteiger partial charge in [0.2, 0.25) is 0 Å². The van der Waals surface area contributed by atoms with E-state index in [2.05, 4.69) is 25.7 Å². The third kappa shape index (κ3) is 8.13. The molecule has 0 aromatic heterocycles. The van der Waals surface area contributed by atoms with Gasteiger partial charge in [-0.1, -0.05) is 29.8 Å². The second-order valence-electron chi connectivity index (χ2n) is 6.33. The van der Waals surface area contributed by atoms with E-state index in [0.29, 0.717) is 30.2 Å². The summed E-state index contributed by atoms with van der Waals surface area (Å²) < 4.78 is 29.8. The molecule has 3 N–H and O–H groups in total. The average Bonchev–Trinajstić information content (AvgIpc) is 2.70. The highest BCUT2D eigenvalue weighted by molar-refractivity contribution is 14.0. The van der Waals surface area contributed by atoms with Crippen molar-refractivity contribution in [2.45, 2.75) is 33.5 Å². The molecule has 30 heavy (non-hydrogen) atoms. The molecule has 1 amide bonds. The third-order valence-corrected chi connectivity index (χ3v) is 4.12. The summed E-state index contributed by atoms with van der Waals surface area (Å²) in [6, 6.07) is 12.3. The van der Waals surface area contributed by atoms with Crippen LogP contribution >= 0.6 is 24.0 Å². The molecule has 6 nitrogen and oxygen atoms in total. The first-order valence-electron chi connectivity index (χ1n) is 9.29. The number of hydrogen-bond donors (Lipinski definition) is 3. The molecule has 0 aliphatic carbocycles. The van der Waals surface area contributed by atoms with Crippen LogP contribution < -0.4 is 20.7 Å². The summed E-state index contributed by atoms with van der Waals surface area (Å²) in [7, 11) is 1.63. The van der Waals surface area contributed by atoms with Gasteiger partial charge >= 0.3 is 6.61 Å². The van der Waals surface area contributed by atoms with E-state index >= 15 is 0 Å². The zero-order valence-electron chi connectivity index (χ0n) is 17.2. The number of nitrogens with zero attached hydrogens (tertiary/aromatic N) is 1. The van der Waals surface area contributed by atoms with Crippen molar-refractivity contribution in [2.75, 3.05) is 13.6 Å². The lowest BCUT2D eigenvalue weighted by molar-refractivity contribution is -0.0504. The molecule has 0 saturated heterocycles. The van der Waals surface area contributed by atoms with E-state index in [1.807, 2.05) is 26.0 Å². The van der Waals surface area contributed by atoms with E-state index in [1.165, 1.54) is 6.07 Å². The van der Waals surface area contributed by atoms with Gasteiger partial charge in [0.15, 0.2) is 5.96 Å². The molecule has 2 rings (SSSR count). The van der Waals surface area contributed by atoms with Gasteiger partial charge in [-0.05, 0) is 37.6 Å². The quantitative estimate of drug-likeness (QED) is 0.275. The fourth-order valence-corrected chi connectivity index (χ4v) is 2.68. The maximum atomic E-state index is 12.6. The topological polar surface area (TPSA) is 74.8 Å². The van der Waals surface area contributed by atoms with Gasteiger partial charge < -0.3 is 20.7 Å². The SMILES string of the molecule is CCNC(=O)c1ccc(CNC(=NC)NCc2cc(C)ccc2OC(F)F)cc1.I. The number of hydrogen-bond acceptors (Lipinski definition) is 3. The molecule has 0 aliphatic rings. The Morgan fingerprint density at radius 1 is 1.07 bits per heavy atom. The van der Waals surface area contributed by atoms with Crippen LogP contribution in [0.25, 0.3) is 0 Å². The molecule has 2 aromatic carbocycles. The van der Waals surface area contributed by atoms with Crippen LogP contribution in [0.5, 0.6) is 5.75 Å². The molecule has 9 heteroatoms. The predicted octanol–water partition coefficient (Wildman–Crippen LogP) is 3.83. The number of amides is 1. The van der Waals surface area contributed by atoms with E-state index in [-0.39, 0.29) is 42.2 Å². The van der Waals surface area contributed by atoms with Crippen molar-refractivity contribution in [1.82, 2.24) is 16.0 Å². The van der Waals surface area contributed by atoms with Gasteiger partial charge in [0.25, 0.3) is 5.91 Å². The Labute approximate surface area is 192 Å². The number of guanidine groups is 1. The van der Waals surface area contributed by atoms with Gasteiger partial charge in [-0.25, -0.2) is 0 Å². The first-order chi connectivity index (χ1) is 13.9. The van der Waals surface area contributed by atoms with Crippen molar-refractivity contribution in [2.24, 2.45) is 4.99 Å². The second-order valence-corrected chi connectivity index (χ2v) is 6.33. The molecule has 0 aliphatic heterocycles. The Kier molecular flexibility index (Phi) is 11.1. The lowest BCUT2D eigenvalue weighted by atomic mass is 10.1. The molecule has 0 bridgehead atoms. The summed E-state index contributed by atoms with van der Waals surface area (Å²) in [5, 5.41) is 9.00. The Bertz CT molecular complexity index is 845. The molecule has 0 saturated carbocycles. The van der Waals surface area contributed by atoms with Gasteiger partial charge in [-0.15, -0.1) is 24.0 Å². The fraction of sp³-hybridized carbons (Fsp3) is 0.333. The van der Waals surface area contributed by atoms with Crippen molar-refractivity contribution in [3.8, 4) is 5.75 Å². The highest BCUT2D eigenvalue weighted by Gasteiger charge is 2.11. The number of carbonyl (C=O) groups is 1. The van der Waals surface area contributed by atoms with Crippen LogP contribution in [-0.4, -0.2) is 32.1 Å². The number of carbonyl (C=O) groups excluding carboxylic acids is 1. The van der Waals surface area contributed by atoms with Crippen molar-refractivity contribution in [3.05, 3.63) is 64.7 Å². The first kappa shape index (κ1) is 25.6. The minimum absolute atomic E-state index is 0. The minimum atomic E-state index is -2.88. The normalized spacial score (nSPS) is 10.9. The van der Waals surface area contributed by atoms with E-state index in [0.717, 1.165) is 11.1 Å². The highest BCUT2D eigenvalue weighted by atomic mass is 127. The number of aryl methyl sites for hydroxylation is 1. The van der Waals surface area contributed by atoms with Crippen LogP contribution in [0.2, 0.25) is 0 Å². The number of benzene rings is 2. The third-order valence-electron chi connectivity index (χ3n) is 4.12. The van der Waals surface area contributed by atoms with Crippen molar-refractivity contribution in [3.63, 3.8) is 0 Å². The Balaban J connectivity index is 0.00000450. The molecule has 0 radical (unpaired) electrons. The molecule has 0 unspecified atom stereocenters. The Morgan fingerprint density at radius 2 is 1.73 bits per heavy atom. The predicted molar refractivity (Wildman–Crippen MR) is 125 cm³/mol. The fourth-order valence-electron chi connectivity index (χ4n) is 2.68. The number of alkyl halides is 2. The lowest BCUT2D eigenvalue weighted by Crippen LogP contribution is -2.36. The van der Waals surface area contributed by atoms with Crippen molar-refractivity contribution < 1.29 is 18.3 Å². The van der Waals surface area contributed by atoms with Gasteiger partial charge in [-0.3, -0.25) is 9.79 Å². The van der Waals surface area contributed by atoms with Gasteiger partial charge in [0, 0.05) is 37.8 Å².